The normalized spacial score (nSPS) is 16.0. The van der Waals surface area contributed by atoms with Gasteiger partial charge in [-0.1, -0.05) is 6.92 Å². The molecule has 4 heteroatoms. The van der Waals surface area contributed by atoms with Gasteiger partial charge in [-0.25, -0.2) is 4.98 Å². The molecule has 0 saturated carbocycles. The van der Waals surface area contributed by atoms with Gasteiger partial charge in [-0.05, 0) is 56.6 Å². The van der Waals surface area contributed by atoms with Gasteiger partial charge in [0.25, 0.3) is 0 Å². The zero-order valence-electron chi connectivity index (χ0n) is 12.6. The summed E-state index contributed by atoms with van der Waals surface area (Å²) in [6.07, 6.45) is 7.33. The van der Waals surface area contributed by atoms with Gasteiger partial charge in [-0.15, -0.1) is 0 Å². The molecular formula is C17H23N3O. The molecule has 21 heavy (non-hydrogen) atoms. The van der Waals surface area contributed by atoms with Crippen LogP contribution in [0.2, 0.25) is 0 Å². The molecule has 0 aliphatic carbocycles. The van der Waals surface area contributed by atoms with Crippen LogP contribution in [0, 0.1) is 0 Å². The number of nitrogens with zero attached hydrogens (tertiary/aromatic N) is 2. The summed E-state index contributed by atoms with van der Waals surface area (Å²) in [7, 11) is 0. The van der Waals surface area contributed by atoms with Crippen molar-refractivity contribution in [2.45, 2.75) is 32.1 Å². The van der Waals surface area contributed by atoms with Crippen LogP contribution in [-0.4, -0.2) is 29.2 Å². The molecule has 4 nitrogen and oxygen atoms in total. The molecule has 3 rings (SSSR count). The molecule has 112 valence electrons. The summed E-state index contributed by atoms with van der Waals surface area (Å²) in [4.78, 5) is 4.36. The van der Waals surface area contributed by atoms with Crippen molar-refractivity contribution in [2.24, 2.45) is 0 Å². The van der Waals surface area contributed by atoms with Crippen LogP contribution in [-0.2, 0) is 0 Å². The highest BCUT2D eigenvalue weighted by Crippen LogP contribution is 2.27. The van der Waals surface area contributed by atoms with E-state index in [-0.39, 0.29) is 0 Å². The average Bonchev–Trinajstić information content (AvgIpc) is 3.04. The minimum Gasteiger partial charge on any atom is -0.494 e. The summed E-state index contributed by atoms with van der Waals surface area (Å²) in [6.45, 7) is 5.08. The lowest BCUT2D eigenvalue weighted by atomic mass is 9.95. The molecule has 1 fully saturated rings. The number of piperidine rings is 1. The van der Waals surface area contributed by atoms with Gasteiger partial charge in [0, 0.05) is 23.5 Å². The number of rotatable bonds is 5. The average molecular weight is 285 g/mol. The first kappa shape index (κ1) is 14.1. The van der Waals surface area contributed by atoms with Crippen molar-refractivity contribution in [1.82, 2.24) is 14.9 Å². The largest absolute Gasteiger partial charge is 0.494 e. The molecule has 0 bridgehead atoms. The van der Waals surface area contributed by atoms with E-state index >= 15 is 0 Å². The van der Waals surface area contributed by atoms with E-state index < -0.39 is 0 Å². The van der Waals surface area contributed by atoms with Gasteiger partial charge in [0.1, 0.15) is 5.75 Å². The van der Waals surface area contributed by atoms with E-state index in [9.17, 15) is 0 Å². The van der Waals surface area contributed by atoms with Crippen molar-refractivity contribution in [3.05, 3.63) is 42.5 Å². The van der Waals surface area contributed by atoms with Crippen molar-refractivity contribution in [3.63, 3.8) is 0 Å². The standard InChI is InChI=1S/C17H23N3O/c1-2-11-21-16-5-3-15(4-6-16)20-13-19-12-17(20)14-7-9-18-10-8-14/h3-6,12-14,18H,2,7-11H2,1H3. The van der Waals surface area contributed by atoms with Gasteiger partial charge in [0.2, 0.25) is 0 Å². The molecule has 1 aromatic heterocycles. The second-order valence-corrected chi connectivity index (χ2v) is 5.56. The number of aromatic nitrogens is 2. The molecule has 0 unspecified atom stereocenters. The van der Waals surface area contributed by atoms with E-state index in [1.54, 1.807) is 0 Å². The Balaban J connectivity index is 1.78. The molecule has 0 atom stereocenters. The Morgan fingerprint density at radius 2 is 2.00 bits per heavy atom. The first-order valence-electron chi connectivity index (χ1n) is 7.84. The Morgan fingerprint density at radius 3 is 2.71 bits per heavy atom. The van der Waals surface area contributed by atoms with Crippen LogP contribution >= 0.6 is 0 Å². The minimum absolute atomic E-state index is 0.602. The van der Waals surface area contributed by atoms with Crippen molar-refractivity contribution in [2.75, 3.05) is 19.7 Å². The van der Waals surface area contributed by atoms with E-state index in [1.165, 1.54) is 18.5 Å². The first-order valence-corrected chi connectivity index (χ1v) is 7.84. The van der Waals surface area contributed by atoms with Gasteiger partial charge in [0.15, 0.2) is 0 Å². The van der Waals surface area contributed by atoms with Crippen molar-refractivity contribution < 1.29 is 4.74 Å². The molecule has 1 aromatic carbocycles. The zero-order valence-corrected chi connectivity index (χ0v) is 12.6. The fourth-order valence-corrected chi connectivity index (χ4v) is 2.86. The fraction of sp³-hybridized carbons (Fsp3) is 0.471. The quantitative estimate of drug-likeness (QED) is 0.917. The van der Waals surface area contributed by atoms with Crippen LogP contribution in [0.5, 0.6) is 5.75 Å². The predicted molar refractivity (Wildman–Crippen MR) is 84.2 cm³/mol. The molecule has 0 radical (unpaired) electrons. The van der Waals surface area contributed by atoms with E-state index in [1.807, 2.05) is 24.7 Å². The zero-order chi connectivity index (χ0) is 14.5. The third kappa shape index (κ3) is 3.27. The van der Waals surface area contributed by atoms with Gasteiger partial charge in [0.05, 0.1) is 12.9 Å². The molecule has 1 saturated heterocycles. The van der Waals surface area contributed by atoms with E-state index in [2.05, 4.69) is 33.9 Å². The second-order valence-electron chi connectivity index (χ2n) is 5.56. The monoisotopic (exact) mass is 285 g/mol. The Bertz CT molecular complexity index is 556. The second kappa shape index (κ2) is 6.76. The van der Waals surface area contributed by atoms with Gasteiger partial charge >= 0.3 is 0 Å². The van der Waals surface area contributed by atoms with E-state index in [0.717, 1.165) is 37.6 Å². The van der Waals surface area contributed by atoms with Crippen LogP contribution in [0.4, 0.5) is 0 Å². The molecule has 0 amide bonds. The number of hydrogen-bond donors (Lipinski definition) is 1. The Hall–Kier alpha value is -1.81. The summed E-state index contributed by atoms with van der Waals surface area (Å²) in [5.74, 6) is 1.54. The van der Waals surface area contributed by atoms with Crippen molar-refractivity contribution in [1.29, 1.82) is 0 Å². The lowest BCUT2D eigenvalue weighted by molar-refractivity contribution is 0.317. The smallest absolute Gasteiger partial charge is 0.119 e. The molecule has 0 spiro atoms. The van der Waals surface area contributed by atoms with E-state index in [0.29, 0.717) is 5.92 Å². The number of imidazole rings is 1. The predicted octanol–water partition coefficient (Wildman–Crippen LogP) is 3.13. The van der Waals surface area contributed by atoms with Gasteiger partial charge in [-0.3, -0.25) is 0 Å². The van der Waals surface area contributed by atoms with Crippen LogP contribution in [0.3, 0.4) is 0 Å². The third-order valence-corrected chi connectivity index (χ3v) is 4.01. The van der Waals surface area contributed by atoms with Gasteiger partial charge in [-0.2, -0.15) is 0 Å². The van der Waals surface area contributed by atoms with Crippen LogP contribution in [0.1, 0.15) is 37.8 Å². The summed E-state index contributed by atoms with van der Waals surface area (Å²) in [5, 5.41) is 3.42. The molecule has 2 aromatic rings. The first-order chi connectivity index (χ1) is 10.4. The van der Waals surface area contributed by atoms with Gasteiger partial charge < -0.3 is 14.6 Å². The highest BCUT2D eigenvalue weighted by Gasteiger charge is 2.19. The number of hydrogen-bond acceptors (Lipinski definition) is 3. The number of ether oxygens (including phenoxy) is 1. The van der Waals surface area contributed by atoms with Crippen molar-refractivity contribution >= 4 is 0 Å². The Labute approximate surface area is 126 Å². The fourth-order valence-electron chi connectivity index (χ4n) is 2.86. The van der Waals surface area contributed by atoms with Crippen LogP contribution in [0.25, 0.3) is 5.69 Å². The molecule has 2 heterocycles. The summed E-state index contributed by atoms with van der Waals surface area (Å²) in [5.41, 5.74) is 2.48. The molecule has 1 aliphatic rings. The molecular weight excluding hydrogens is 262 g/mol. The van der Waals surface area contributed by atoms with Crippen LogP contribution in [0.15, 0.2) is 36.8 Å². The highest BCUT2D eigenvalue weighted by atomic mass is 16.5. The summed E-state index contributed by atoms with van der Waals surface area (Å²) in [6, 6.07) is 8.29. The maximum absolute atomic E-state index is 5.64. The van der Waals surface area contributed by atoms with Crippen LogP contribution < -0.4 is 10.1 Å². The Morgan fingerprint density at radius 1 is 1.24 bits per heavy atom. The van der Waals surface area contributed by atoms with Crippen molar-refractivity contribution in [3.8, 4) is 11.4 Å². The minimum atomic E-state index is 0.602. The lowest BCUT2D eigenvalue weighted by Crippen LogP contribution is -2.27. The molecule has 1 aliphatic heterocycles. The topological polar surface area (TPSA) is 39.1 Å². The Kier molecular flexibility index (Phi) is 4.55. The summed E-state index contributed by atoms with van der Waals surface area (Å²) >= 11 is 0. The highest BCUT2D eigenvalue weighted by molar-refractivity contribution is 5.39. The summed E-state index contributed by atoms with van der Waals surface area (Å²) < 4.78 is 7.85. The number of benzene rings is 1. The maximum atomic E-state index is 5.64. The SMILES string of the molecule is CCCOc1ccc(-n2cncc2C2CCNCC2)cc1. The maximum Gasteiger partial charge on any atom is 0.119 e. The third-order valence-electron chi connectivity index (χ3n) is 4.01. The van der Waals surface area contributed by atoms with E-state index in [4.69, 9.17) is 4.74 Å². The number of nitrogens with one attached hydrogen (secondary N) is 1. The molecule has 1 N–H and O–H groups in total. The lowest BCUT2D eigenvalue weighted by Gasteiger charge is -2.23.